The summed E-state index contributed by atoms with van der Waals surface area (Å²) >= 11 is 0. The van der Waals surface area contributed by atoms with Gasteiger partial charge in [0.2, 0.25) is 5.90 Å². The summed E-state index contributed by atoms with van der Waals surface area (Å²) in [5.41, 5.74) is 4.99. The number of aromatic hydroxyl groups is 1. The molecule has 1 aliphatic heterocycles. The third-order valence-corrected chi connectivity index (χ3v) is 5.50. The minimum absolute atomic E-state index is 0. The van der Waals surface area contributed by atoms with Gasteiger partial charge in [0, 0.05) is 0 Å². The van der Waals surface area contributed by atoms with Gasteiger partial charge in [-0.2, -0.15) is 73.9 Å². The van der Waals surface area contributed by atoms with Crippen molar-refractivity contribution in [2.75, 3.05) is 6.61 Å². The molecule has 0 spiro atoms. The molecule has 40 heavy (non-hydrogen) atoms. The van der Waals surface area contributed by atoms with E-state index in [0.29, 0.717) is 18.1 Å². The smallest absolute Gasteiger partial charge is 0.507 e. The third-order valence-electron chi connectivity index (χ3n) is 5.50. The number of rotatable bonds is 2. The third kappa shape index (κ3) is 11.6. The van der Waals surface area contributed by atoms with Crippen molar-refractivity contribution in [2.24, 2.45) is 4.99 Å². The van der Waals surface area contributed by atoms with Crippen LogP contribution >= 0.6 is 0 Å². The van der Waals surface area contributed by atoms with Crippen LogP contribution in [-0.4, -0.2) is 17.6 Å². The average Bonchev–Trinajstić information content (AvgIpc) is 3.46. The van der Waals surface area contributed by atoms with E-state index >= 15 is 0 Å². The van der Waals surface area contributed by atoms with Crippen LogP contribution in [0.2, 0.25) is 0 Å². The van der Waals surface area contributed by atoms with Gasteiger partial charge in [0.1, 0.15) is 18.4 Å². The molecule has 6 rings (SSSR count). The van der Waals surface area contributed by atoms with Crippen LogP contribution in [0.15, 0.2) is 151 Å². The molecule has 0 aliphatic carbocycles. The van der Waals surface area contributed by atoms with E-state index in [1.807, 2.05) is 133 Å². The maximum Gasteiger partial charge on any atom is 3.00 e. The van der Waals surface area contributed by atoms with Crippen molar-refractivity contribution in [3.05, 3.63) is 194 Å². The molecule has 0 saturated heterocycles. The maximum atomic E-state index is 9.77. The first-order chi connectivity index (χ1) is 19.0. The number of aliphatic imine (C=N–C) groups is 1. The van der Waals surface area contributed by atoms with Crippen molar-refractivity contribution < 1.29 is 31.6 Å². The average molecular weight is 561 g/mol. The second-order valence-corrected chi connectivity index (χ2v) is 8.65. The van der Waals surface area contributed by atoms with Gasteiger partial charge in [-0.25, -0.2) is 4.99 Å². The molecule has 0 aromatic heterocycles. The molecule has 1 atom stereocenters. The molecule has 0 unspecified atom stereocenters. The normalized spacial score (nSPS) is 12.7. The Morgan fingerprint density at radius 1 is 0.550 bits per heavy atom. The zero-order valence-corrected chi connectivity index (χ0v) is 24.1. The molecule has 0 saturated carbocycles. The van der Waals surface area contributed by atoms with Crippen LogP contribution in [-0.2, 0) is 26.5 Å². The number of hydrogen-bond acceptors (Lipinski definition) is 3. The Balaban J connectivity index is 0.000000211. The standard InChI is InChI=1S/C15H13NO2.3C7H7.Ti/c17-14-9-5-4-8-12(14)15-16-13(10-18-15)11-6-2-1-3-7-11;3*1-7-5-3-2-4-6-7;/h1-9,13,17H,10H2;3*2-6H,1H2;/q;3*-1;+3/t13-;;;;/m1..../s1. The van der Waals surface area contributed by atoms with Crippen molar-refractivity contribution in [1.82, 2.24) is 0 Å². The quantitative estimate of drug-likeness (QED) is 0.174. The summed E-state index contributed by atoms with van der Waals surface area (Å²) in [5.74, 6) is 0.715. The van der Waals surface area contributed by atoms with Crippen LogP contribution in [0.25, 0.3) is 0 Å². The summed E-state index contributed by atoms with van der Waals surface area (Å²) in [7, 11) is 0. The van der Waals surface area contributed by atoms with Gasteiger partial charge in [0.05, 0.1) is 5.56 Å². The minimum atomic E-state index is 0. The van der Waals surface area contributed by atoms with Crippen LogP contribution in [0.1, 0.15) is 33.9 Å². The topological polar surface area (TPSA) is 41.8 Å². The molecule has 199 valence electrons. The molecule has 1 heterocycles. The van der Waals surface area contributed by atoms with Crippen molar-refractivity contribution >= 4 is 5.90 Å². The summed E-state index contributed by atoms with van der Waals surface area (Å²) in [6.45, 7) is 11.7. The fourth-order valence-electron chi connectivity index (χ4n) is 3.46. The van der Waals surface area contributed by atoms with Gasteiger partial charge in [-0.05, 0) is 17.7 Å². The number of para-hydroxylation sites is 1. The largest absolute Gasteiger partial charge is 3.00 e. The van der Waals surface area contributed by atoms with Crippen LogP contribution in [0.5, 0.6) is 5.75 Å². The first-order valence-electron chi connectivity index (χ1n) is 12.7. The van der Waals surface area contributed by atoms with Crippen LogP contribution in [0.4, 0.5) is 0 Å². The Kier molecular flexibility index (Phi) is 14.4. The zero-order chi connectivity index (χ0) is 27.7. The summed E-state index contributed by atoms with van der Waals surface area (Å²) in [4.78, 5) is 4.52. The van der Waals surface area contributed by atoms with E-state index in [9.17, 15) is 5.11 Å². The van der Waals surface area contributed by atoms with Gasteiger partial charge >= 0.3 is 21.7 Å². The molecular weight excluding hydrogens is 526 g/mol. The number of phenolic OH excluding ortho intramolecular Hbond substituents is 1. The predicted molar refractivity (Wildman–Crippen MR) is 162 cm³/mol. The van der Waals surface area contributed by atoms with E-state index in [2.05, 4.69) is 25.8 Å². The van der Waals surface area contributed by atoms with Crippen LogP contribution in [0.3, 0.4) is 0 Å². The molecule has 0 fully saturated rings. The fourth-order valence-corrected chi connectivity index (χ4v) is 3.46. The molecular formula is C36H34NO2Ti. The SMILES string of the molecule is Oc1ccccc1C1=N[C@@H](c2ccccc2)CO1.[CH2-]c1ccccc1.[CH2-]c1ccccc1.[CH2-]c1ccccc1.[Ti+3]. The summed E-state index contributed by atoms with van der Waals surface area (Å²) in [6.07, 6.45) is 0. The molecule has 5 aromatic carbocycles. The summed E-state index contributed by atoms with van der Waals surface area (Å²) < 4.78 is 5.58. The molecule has 1 radical (unpaired) electrons. The molecule has 0 bridgehead atoms. The van der Waals surface area contributed by atoms with Gasteiger partial charge < -0.3 is 9.84 Å². The number of hydrogen-bond donors (Lipinski definition) is 1. The summed E-state index contributed by atoms with van der Waals surface area (Å²) in [5, 5.41) is 9.77. The Bertz CT molecular complexity index is 1290. The first-order valence-corrected chi connectivity index (χ1v) is 12.7. The first kappa shape index (κ1) is 31.9. The Morgan fingerprint density at radius 3 is 1.30 bits per heavy atom. The molecule has 1 aliphatic rings. The molecule has 1 N–H and O–H groups in total. The Hall–Kier alpha value is -4.31. The van der Waals surface area contributed by atoms with E-state index < -0.39 is 0 Å². The van der Waals surface area contributed by atoms with Crippen molar-refractivity contribution in [1.29, 1.82) is 0 Å². The van der Waals surface area contributed by atoms with Gasteiger partial charge in [-0.3, -0.25) is 0 Å². The second-order valence-electron chi connectivity index (χ2n) is 8.65. The molecule has 3 nitrogen and oxygen atoms in total. The minimum Gasteiger partial charge on any atom is -0.507 e. The fraction of sp³-hybridized carbons (Fsp3) is 0.0556. The predicted octanol–water partition coefficient (Wildman–Crippen LogP) is 8.51. The van der Waals surface area contributed by atoms with Crippen molar-refractivity contribution in [3.8, 4) is 5.75 Å². The molecule has 4 heteroatoms. The van der Waals surface area contributed by atoms with E-state index in [-0.39, 0.29) is 33.5 Å². The van der Waals surface area contributed by atoms with Gasteiger partial charge in [0.25, 0.3) is 0 Å². The van der Waals surface area contributed by atoms with E-state index in [4.69, 9.17) is 4.74 Å². The number of nitrogens with zero attached hydrogens (tertiary/aromatic N) is 1. The van der Waals surface area contributed by atoms with Gasteiger partial charge in [0.15, 0.2) is 0 Å². The number of benzene rings is 5. The van der Waals surface area contributed by atoms with Crippen molar-refractivity contribution in [3.63, 3.8) is 0 Å². The zero-order valence-electron chi connectivity index (χ0n) is 22.6. The number of ether oxygens (including phenoxy) is 1. The molecule has 5 aromatic rings. The van der Waals surface area contributed by atoms with Crippen molar-refractivity contribution in [2.45, 2.75) is 6.04 Å². The van der Waals surface area contributed by atoms with Gasteiger partial charge in [-0.15, -0.1) is 36.4 Å². The maximum absolute atomic E-state index is 9.77. The van der Waals surface area contributed by atoms with E-state index in [0.717, 1.165) is 22.3 Å². The van der Waals surface area contributed by atoms with E-state index in [1.54, 1.807) is 12.1 Å². The van der Waals surface area contributed by atoms with Crippen LogP contribution in [0, 0.1) is 20.8 Å². The Morgan fingerprint density at radius 2 is 0.925 bits per heavy atom. The molecule has 0 amide bonds. The van der Waals surface area contributed by atoms with Crippen LogP contribution < -0.4 is 0 Å². The monoisotopic (exact) mass is 560 g/mol. The van der Waals surface area contributed by atoms with Gasteiger partial charge in [-0.1, -0.05) is 60.7 Å². The van der Waals surface area contributed by atoms with E-state index in [1.165, 1.54) is 0 Å². The second kappa shape index (κ2) is 18.1. The number of phenols is 1. The Labute approximate surface area is 254 Å². The summed E-state index contributed by atoms with van der Waals surface area (Å²) in [6, 6.07) is 46.7.